The van der Waals surface area contributed by atoms with Crippen LogP contribution in [-0.2, 0) is 4.74 Å². The van der Waals surface area contributed by atoms with Gasteiger partial charge in [0, 0.05) is 6.54 Å². The molecule has 2 rings (SSSR count). The van der Waals surface area contributed by atoms with Crippen molar-refractivity contribution in [2.75, 3.05) is 19.8 Å². The average Bonchev–Trinajstić information content (AvgIpc) is 2.42. The molecule has 0 radical (unpaired) electrons. The second kappa shape index (κ2) is 5.51. The standard InChI is InChI=1S/C12H9ClF2N2O2/c13-9-4-11(15)10(14)3-8(9)12(18)17-1-2-19-6-7(17)5-16/h3-4,7H,1-2,6H2. The van der Waals surface area contributed by atoms with Crippen LogP contribution in [0.4, 0.5) is 8.78 Å². The van der Waals surface area contributed by atoms with Crippen molar-refractivity contribution in [2.24, 2.45) is 0 Å². The molecule has 1 aromatic rings. The van der Waals surface area contributed by atoms with E-state index in [0.29, 0.717) is 0 Å². The molecular formula is C12H9ClF2N2O2. The van der Waals surface area contributed by atoms with Gasteiger partial charge in [-0.15, -0.1) is 0 Å². The largest absolute Gasteiger partial charge is 0.376 e. The smallest absolute Gasteiger partial charge is 0.256 e. The average molecular weight is 287 g/mol. The number of hydrogen-bond donors (Lipinski definition) is 0. The van der Waals surface area contributed by atoms with Crippen molar-refractivity contribution in [3.05, 3.63) is 34.4 Å². The maximum atomic E-state index is 13.2. The van der Waals surface area contributed by atoms with Crippen LogP contribution in [-0.4, -0.2) is 36.6 Å². The predicted octanol–water partition coefficient (Wildman–Crippen LogP) is 1.98. The van der Waals surface area contributed by atoms with Crippen molar-refractivity contribution in [1.82, 2.24) is 4.90 Å². The van der Waals surface area contributed by atoms with Crippen LogP contribution in [0.15, 0.2) is 12.1 Å². The Kier molecular flexibility index (Phi) is 3.98. The Morgan fingerprint density at radius 1 is 1.47 bits per heavy atom. The summed E-state index contributed by atoms with van der Waals surface area (Å²) in [6.45, 7) is 0.571. The lowest BCUT2D eigenvalue weighted by molar-refractivity contribution is 0.0132. The molecule has 0 aliphatic carbocycles. The summed E-state index contributed by atoms with van der Waals surface area (Å²) in [6.07, 6.45) is 0. The number of rotatable bonds is 1. The van der Waals surface area contributed by atoms with E-state index < -0.39 is 23.6 Å². The minimum absolute atomic E-state index is 0.0868. The first-order valence-corrected chi connectivity index (χ1v) is 5.85. The minimum Gasteiger partial charge on any atom is -0.376 e. The number of amides is 1. The first-order valence-electron chi connectivity index (χ1n) is 5.47. The van der Waals surface area contributed by atoms with Crippen LogP contribution < -0.4 is 0 Å². The lowest BCUT2D eigenvalue weighted by Crippen LogP contribution is -2.48. The summed E-state index contributed by atoms with van der Waals surface area (Å²) >= 11 is 5.74. The van der Waals surface area contributed by atoms with Gasteiger partial charge in [0.25, 0.3) is 5.91 Å². The summed E-state index contributed by atoms with van der Waals surface area (Å²) in [7, 11) is 0. The van der Waals surface area contributed by atoms with E-state index in [4.69, 9.17) is 21.6 Å². The maximum absolute atomic E-state index is 13.2. The van der Waals surface area contributed by atoms with Gasteiger partial charge < -0.3 is 9.64 Å². The molecule has 1 aliphatic rings. The highest BCUT2D eigenvalue weighted by Crippen LogP contribution is 2.23. The summed E-state index contributed by atoms with van der Waals surface area (Å²) < 4.78 is 31.2. The Labute approximate surface area is 113 Å². The van der Waals surface area contributed by atoms with E-state index in [0.717, 1.165) is 12.1 Å². The van der Waals surface area contributed by atoms with Gasteiger partial charge in [0.15, 0.2) is 11.6 Å². The first kappa shape index (κ1) is 13.7. The van der Waals surface area contributed by atoms with Gasteiger partial charge in [0.1, 0.15) is 6.04 Å². The molecule has 4 nitrogen and oxygen atoms in total. The van der Waals surface area contributed by atoms with E-state index in [2.05, 4.69) is 0 Å². The molecule has 0 bridgehead atoms. The number of morpholine rings is 1. The van der Waals surface area contributed by atoms with Crippen LogP contribution in [0.5, 0.6) is 0 Å². The third-order valence-electron chi connectivity index (χ3n) is 2.78. The number of nitrogens with zero attached hydrogens (tertiary/aromatic N) is 2. The van der Waals surface area contributed by atoms with Gasteiger partial charge in [-0.05, 0) is 12.1 Å². The van der Waals surface area contributed by atoms with Crippen molar-refractivity contribution in [3.63, 3.8) is 0 Å². The van der Waals surface area contributed by atoms with Gasteiger partial charge in [-0.1, -0.05) is 11.6 Å². The zero-order valence-corrected chi connectivity index (χ0v) is 10.5. The molecule has 0 aromatic heterocycles. The van der Waals surface area contributed by atoms with Gasteiger partial charge >= 0.3 is 0 Å². The van der Waals surface area contributed by atoms with Crippen LogP contribution in [0, 0.1) is 23.0 Å². The lowest BCUT2D eigenvalue weighted by atomic mass is 10.1. The fourth-order valence-electron chi connectivity index (χ4n) is 1.79. The van der Waals surface area contributed by atoms with Crippen LogP contribution in [0.3, 0.4) is 0 Å². The fraction of sp³-hybridized carbons (Fsp3) is 0.333. The molecule has 1 amide bonds. The Morgan fingerprint density at radius 3 is 2.84 bits per heavy atom. The predicted molar refractivity (Wildman–Crippen MR) is 62.6 cm³/mol. The molecular weight excluding hydrogens is 278 g/mol. The maximum Gasteiger partial charge on any atom is 0.256 e. The third kappa shape index (κ3) is 2.67. The van der Waals surface area contributed by atoms with Crippen LogP contribution in [0.1, 0.15) is 10.4 Å². The SMILES string of the molecule is N#CC1COCCN1C(=O)c1cc(F)c(F)cc1Cl. The second-order valence-corrected chi connectivity index (χ2v) is 4.37. The van der Waals surface area contributed by atoms with Crippen LogP contribution in [0.25, 0.3) is 0 Å². The van der Waals surface area contributed by atoms with Gasteiger partial charge in [-0.3, -0.25) is 4.79 Å². The monoisotopic (exact) mass is 286 g/mol. The molecule has 1 aromatic carbocycles. The van der Waals surface area contributed by atoms with Crippen LogP contribution in [0.2, 0.25) is 5.02 Å². The van der Waals surface area contributed by atoms with E-state index >= 15 is 0 Å². The Bertz CT molecular complexity index is 559. The minimum atomic E-state index is -1.16. The number of halogens is 3. The molecule has 0 saturated carbocycles. The van der Waals surface area contributed by atoms with E-state index in [1.807, 2.05) is 6.07 Å². The number of nitriles is 1. The van der Waals surface area contributed by atoms with E-state index in [1.54, 1.807) is 0 Å². The molecule has 0 N–H and O–H groups in total. The number of benzene rings is 1. The van der Waals surface area contributed by atoms with Crippen molar-refractivity contribution in [3.8, 4) is 6.07 Å². The zero-order valence-electron chi connectivity index (χ0n) is 9.70. The number of carbonyl (C=O) groups excluding carboxylic acids is 1. The highest BCUT2D eigenvalue weighted by molar-refractivity contribution is 6.33. The molecule has 1 saturated heterocycles. The molecule has 1 fully saturated rings. The number of hydrogen-bond acceptors (Lipinski definition) is 3. The quantitative estimate of drug-likeness (QED) is 0.742. The van der Waals surface area contributed by atoms with Crippen molar-refractivity contribution >= 4 is 17.5 Å². The Hall–Kier alpha value is -1.71. The summed E-state index contributed by atoms with van der Waals surface area (Å²) in [5, 5.41) is 8.75. The first-order chi connectivity index (χ1) is 9.04. The van der Waals surface area contributed by atoms with Gasteiger partial charge in [0.05, 0.1) is 29.9 Å². The van der Waals surface area contributed by atoms with E-state index in [9.17, 15) is 13.6 Å². The second-order valence-electron chi connectivity index (χ2n) is 3.96. The number of carbonyl (C=O) groups is 1. The molecule has 1 heterocycles. The molecule has 19 heavy (non-hydrogen) atoms. The van der Waals surface area contributed by atoms with Gasteiger partial charge in [-0.2, -0.15) is 5.26 Å². The summed E-state index contributed by atoms with van der Waals surface area (Å²) in [5.74, 6) is -2.89. The van der Waals surface area contributed by atoms with Crippen LogP contribution >= 0.6 is 11.6 Å². The van der Waals surface area contributed by atoms with Crippen molar-refractivity contribution in [2.45, 2.75) is 6.04 Å². The number of ether oxygens (including phenoxy) is 1. The molecule has 1 unspecified atom stereocenters. The fourth-order valence-corrected chi connectivity index (χ4v) is 2.03. The molecule has 100 valence electrons. The van der Waals surface area contributed by atoms with Gasteiger partial charge in [-0.25, -0.2) is 8.78 Å². The van der Waals surface area contributed by atoms with Crippen molar-refractivity contribution < 1.29 is 18.3 Å². The summed E-state index contributed by atoms with van der Waals surface area (Å²) in [5.41, 5.74) is -0.164. The highest BCUT2D eigenvalue weighted by atomic mass is 35.5. The zero-order chi connectivity index (χ0) is 14.0. The topological polar surface area (TPSA) is 53.3 Å². The highest BCUT2D eigenvalue weighted by Gasteiger charge is 2.29. The summed E-state index contributed by atoms with van der Waals surface area (Å²) in [4.78, 5) is 13.4. The Balaban J connectivity index is 2.33. The lowest BCUT2D eigenvalue weighted by Gasteiger charge is -2.31. The molecule has 1 aliphatic heterocycles. The van der Waals surface area contributed by atoms with Crippen molar-refractivity contribution in [1.29, 1.82) is 5.26 Å². The van der Waals surface area contributed by atoms with E-state index in [1.165, 1.54) is 4.90 Å². The van der Waals surface area contributed by atoms with Gasteiger partial charge in [0.2, 0.25) is 0 Å². The molecule has 0 spiro atoms. The molecule has 1 atom stereocenters. The Morgan fingerprint density at radius 2 is 2.16 bits per heavy atom. The third-order valence-corrected chi connectivity index (χ3v) is 3.09. The summed E-state index contributed by atoms with van der Waals surface area (Å²) in [6, 6.07) is 2.64. The van der Waals surface area contributed by atoms with E-state index in [-0.39, 0.29) is 30.3 Å². The normalized spacial score (nSPS) is 19.1. The molecule has 7 heteroatoms.